The van der Waals surface area contributed by atoms with Crippen molar-refractivity contribution in [3.8, 4) is 0 Å². The summed E-state index contributed by atoms with van der Waals surface area (Å²) in [6.07, 6.45) is 0.820. The Morgan fingerprint density at radius 3 is 2.95 bits per heavy atom. The number of nitrogens with two attached hydrogens (primary N) is 1. The molecule has 2 rings (SSSR count). The molecule has 1 unspecified atom stereocenters. The highest BCUT2D eigenvalue weighted by molar-refractivity contribution is 5.62. The summed E-state index contributed by atoms with van der Waals surface area (Å²) in [5.74, 6) is 0.351. The number of morpholine rings is 1. The Balaban J connectivity index is 2.50. The van der Waals surface area contributed by atoms with Gasteiger partial charge in [-0.1, -0.05) is 6.92 Å². The van der Waals surface area contributed by atoms with E-state index in [1.165, 1.54) is 0 Å². The molecule has 0 aromatic carbocycles. The summed E-state index contributed by atoms with van der Waals surface area (Å²) in [5, 5.41) is 11.2. The number of nitrogens with zero attached hydrogens (tertiary/aromatic N) is 4. The predicted molar refractivity (Wildman–Crippen MR) is 70.1 cm³/mol. The second kappa shape index (κ2) is 5.35. The number of hydrogen-bond donors (Lipinski definition) is 1. The topological polar surface area (TPSA) is 107 Å². The molecule has 0 aliphatic carbocycles. The van der Waals surface area contributed by atoms with E-state index >= 15 is 0 Å². The Hall–Kier alpha value is -1.96. The third-order valence-electron chi connectivity index (χ3n) is 3.21. The lowest BCUT2D eigenvalue weighted by atomic mass is 10.1. The minimum absolute atomic E-state index is 0.0550. The number of aryl methyl sites for hydroxylation is 1. The van der Waals surface area contributed by atoms with Crippen LogP contribution in [0.25, 0.3) is 0 Å². The van der Waals surface area contributed by atoms with Gasteiger partial charge in [-0.2, -0.15) is 4.98 Å². The Morgan fingerprint density at radius 2 is 2.32 bits per heavy atom. The van der Waals surface area contributed by atoms with E-state index in [-0.39, 0.29) is 23.4 Å². The number of hydrogen-bond acceptors (Lipinski definition) is 7. The van der Waals surface area contributed by atoms with Crippen LogP contribution in [0.2, 0.25) is 0 Å². The number of aromatic nitrogens is 2. The summed E-state index contributed by atoms with van der Waals surface area (Å²) < 4.78 is 5.40. The van der Waals surface area contributed by atoms with Crippen molar-refractivity contribution in [2.45, 2.75) is 26.3 Å². The van der Waals surface area contributed by atoms with E-state index in [2.05, 4.69) is 9.97 Å². The molecule has 1 aromatic heterocycles. The zero-order valence-electron chi connectivity index (χ0n) is 11.0. The molecular formula is C11H17N5O3. The van der Waals surface area contributed by atoms with Crippen LogP contribution in [0.3, 0.4) is 0 Å². The van der Waals surface area contributed by atoms with Crippen LogP contribution in [0.5, 0.6) is 0 Å². The van der Waals surface area contributed by atoms with E-state index in [4.69, 9.17) is 10.5 Å². The molecule has 1 aromatic rings. The molecule has 0 amide bonds. The predicted octanol–water partition coefficient (Wildman–Crippen LogP) is 0.891. The van der Waals surface area contributed by atoms with Crippen molar-refractivity contribution in [2.75, 3.05) is 30.4 Å². The maximum Gasteiger partial charge on any atom is 0.332 e. The molecule has 2 heterocycles. The van der Waals surface area contributed by atoms with Gasteiger partial charge in [0.15, 0.2) is 0 Å². The Kier molecular flexibility index (Phi) is 3.79. The van der Waals surface area contributed by atoms with Gasteiger partial charge >= 0.3 is 5.69 Å². The molecule has 2 N–H and O–H groups in total. The van der Waals surface area contributed by atoms with Crippen molar-refractivity contribution in [3.63, 3.8) is 0 Å². The molecule has 0 bridgehead atoms. The van der Waals surface area contributed by atoms with Gasteiger partial charge in [-0.05, 0) is 13.3 Å². The molecule has 0 saturated carbocycles. The van der Waals surface area contributed by atoms with Gasteiger partial charge in [-0.3, -0.25) is 10.1 Å². The smallest absolute Gasteiger partial charge is 0.332 e. The van der Waals surface area contributed by atoms with Gasteiger partial charge in [0.05, 0.1) is 24.2 Å². The maximum absolute atomic E-state index is 11.2. The van der Waals surface area contributed by atoms with Crippen molar-refractivity contribution in [1.82, 2.24) is 9.97 Å². The van der Waals surface area contributed by atoms with Crippen LogP contribution in [0.4, 0.5) is 17.5 Å². The quantitative estimate of drug-likeness (QED) is 0.640. The first-order valence-corrected chi connectivity index (χ1v) is 6.17. The monoisotopic (exact) mass is 267 g/mol. The average molecular weight is 267 g/mol. The molecule has 19 heavy (non-hydrogen) atoms. The number of rotatable bonds is 3. The number of nitrogen functional groups attached to an aromatic ring is 1. The summed E-state index contributed by atoms with van der Waals surface area (Å²) in [4.78, 5) is 20.6. The van der Waals surface area contributed by atoms with E-state index in [9.17, 15) is 10.1 Å². The standard InChI is InChI=1S/C11H17N5O3/c1-3-8-6-19-5-4-15(8)10-9(16(17)18)7(2)13-11(12)14-10/h8H,3-6H2,1-2H3,(H2,12,13,14). The van der Waals surface area contributed by atoms with Crippen LogP contribution < -0.4 is 10.6 Å². The van der Waals surface area contributed by atoms with Gasteiger partial charge in [0, 0.05) is 6.54 Å². The molecule has 0 spiro atoms. The molecule has 1 fully saturated rings. The molecule has 0 radical (unpaired) electrons. The van der Waals surface area contributed by atoms with Crippen LogP contribution >= 0.6 is 0 Å². The highest BCUT2D eigenvalue weighted by atomic mass is 16.6. The first-order valence-electron chi connectivity index (χ1n) is 6.17. The fourth-order valence-electron chi connectivity index (χ4n) is 2.26. The average Bonchev–Trinajstić information content (AvgIpc) is 2.37. The van der Waals surface area contributed by atoms with Crippen molar-refractivity contribution in [2.24, 2.45) is 0 Å². The molecule has 1 aliphatic rings. The second-order valence-electron chi connectivity index (χ2n) is 4.43. The van der Waals surface area contributed by atoms with Gasteiger partial charge in [0.2, 0.25) is 11.8 Å². The third kappa shape index (κ3) is 2.58. The first kappa shape index (κ1) is 13.5. The first-order chi connectivity index (χ1) is 9.04. The van der Waals surface area contributed by atoms with Crippen LogP contribution in [0.1, 0.15) is 19.0 Å². The molecular weight excluding hydrogens is 250 g/mol. The summed E-state index contributed by atoms with van der Waals surface area (Å²) in [7, 11) is 0. The van der Waals surface area contributed by atoms with E-state index in [1.807, 2.05) is 11.8 Å². The molecule has 8 nitrogen and oxygen atoms in total. The van der Waals surface area contributed by atoms with Crippen molar-refractivity contribution in [1.29, 1.82) is 0 Å². The van der Waals surface area contributed by atoms with Crippen molar-refractivity contribution < 1.29 is 9.66 Å². The molecule has 104 valence electrons. The number of ether oxygens (including phenoxy) is 1. The zero-order valence-corrected chi connectivity index (χ0v) is 11.0. The van der Waals surface area contributed by atoms with E-state index in [0.29, 0.717) is 25.6 Å². The van der Waals surface area contributed by atoms with Crippen molar-refractivity contribution in [3.05, 3.63) is 15.8 Å². The lowest BCUT2D eigenvalue weighted by Crippen LogP contribution is -2.46. The molecule has 1 aliphatic heterocycles. The molecule has 8 heteroatoms. The fourth-order valence-corrected chi connectivity index (χ4v) is 2.26. The highest BCUT2D eigenvalue weighted by Gasteiger charge is 2.31. The summed E-state index contributed by atoms with van der Waals surface area (Å²) in [6, 6.07) is 0.0705. The zero-order chi connectivity index (χ0) is 14.0. The molecule has 1 saturated heterocycles. The SMILES string of the molecule is CCC1COCCN1c1nc(N)nc(C)c1[N+](=O)[O-]. The Labute approximate surface area is 110 Å². The number of nitro groups is 1. The summed E-state index contributed by atoms with van der Waals surface area (Å²) in [6.45, 7) is 5.21. The van der Waals surface area contributed by atoms with E-state index in [0.717, 1.165) is 6.42 Å². The highest BCUT2D eigenvalue weighted by Crippen LogP contribution is 2.31. The van der Waals surface area contributed by atoms with Crippen LogP contribution in [0, 0.1) is 17.0 Å². The van der Waals surface area contributed by atoms with Gasteiger partial charge in [-0.25, -0.2) is 4.98 Å². The largest absolute Gasteiger partial charge is 0.377 e. The van der Waals surface area contributed by atoms with Crippen molar-refractivity contribution >= 4 is 17.5 Å². The normalized spacial score (nSPS) is 19.5. The lowest BCUT2D eigenvalue weighted by Gasteiger charge is -2.35. The minimum atomic E-state index is -0.452. The summed E-state index contributed by atoms with van der Waals surface area (Å²) in [5.41, 5.74) is 5.83. The second-order valence-corrected chi connectivity index (χ2v) is 4.43. The molecule has 1 atom stereocenters. The van der Waals surface area contributed by atoms with Gasteiger partial charge < -0.3 is 15.4 Å². The third-order valence-corrected chi connectivity index (χ3v) is 3.21. The van der Waals surface area contributed by atoms with Crippen LogP contribution in [0.15, 0.2) is 0 Å². The van der Waals surface area contributed by atoms with Gasteiger partial charge in [-0.15, -0.1) is 0 Å². The van der Waals surface area contributed by atoms with Gasteiger partial charge in [0.1, 0.15) is 5.69 Å². The van der Waals surface area contributed by atoms with Gasteiger partial charge in [0.25, 0.3) is 0 Å². The Bertz CT molecular complexity index is 493. The number of anilines is 2. The maximum atomic E-state index is 11.2. The fraction of sp³-hybridized carbons (Fsp3) is 0.636. The summed E-state index contributed by atoms with van der Waals surface area (Å²) >= 11 is 0. The Morgan fingerprint density at radius 1 is 1.58 bits per heavy atom. The minimum Gasteiger partial charge on any atom is -0.377 e. The van der Waals surface area contributed by atoms with E-state index < -0.39 is 4.92 Å². The van der Waals surface area contributed by atoms with Crippen LogP contribution in [-0.2, 0) is 4.74 Å². The lowest BCUT2D eigenvalue weighted by molar-refractivity contribution is -0.385. The van der Waals surface area contributed by atoms with E-state index in [1.54, 1.807) is 6.92 Å². The van der Waals surface area contributed by atoms with Crippen LogP contribution in [-0.4, -0.2) is 40.7 Å².